The summed E-state index contributed by atoms with van der Waals surface area (Å²) in [5.41, 5.74) is 1.72. The Hall–Kier alpha value is -0.260. The summed E-state index contributed by atoms with van der Waals surface area (Å²) < 4.78 is 0. The highest BCUT2D eigenvalue weighted by atomic mass is 14.3. The van der Waals surface area contributed by atoms with E-state index < -0.39 is 0 Å². The lowest BCUT2D eigenvalue weighted by Gasteiger charge is -1.97. The van der Waals surface area contributed by atoms with Gasteiger partial charge in [0.2, 0.25) is 0 Å². The van der Waals surface area contributed by atoms with Crippen LogP contribution in [0.1, 0.15) is 40.0 Å². The average Bonchev–Trinajstić information content (AvgIpc) is 2.67. The molecule has 1 fully saturated rings. The molecule has 0 amide bonds. The minimum Gasteiger partial charge on any atom is -0.0822 e. The van der Waals surface area contributed by atoms with Crippen LogP contribution in [0.3, 0.4) is 0 Å². The molecule has 0 nitrogen and oxygen atoms in total. The Morgan fingerprint density at radius 3 is 2.70 bits per heavy atom. The number of rotatable bonds is 3. The molecule has 0 aromatic carbocycles. The Morgan fingerprint density at radius 1 is 1.60 bits per heavy atom. The lowest BCUT2D eigenvalue weighted by atomic mass is 10.1. The van der Waals surface area contributed by atoms with Gasteiger partial charge in [0.25, 0.3) is 0 Å². The topological polar surface area (TPSA) is 0 Å². The number of hydrogen-bond acceptors (Lipinski definition) is 0. The maximum Gasteiger partial charge on any atom is -0.0168 e. The normalized spacial score (nSPS) is 30.7. The van der Waals surface area contributed by atoms with E-state index in [2.05, 4.69) is 26.8 Å². The van der Waals surface area contributed by atoms with Gasteiger partial charge in [0.1, 0.15) is 0 Å². The highest BCUT2D eigenvalue weighted by molar-refractivity contribution is 5.23. The molecule has 0 aromatic heterocycles. The molecule has 58 valence electrons. The van der Waals surface area contributed by atoms with Crippen molar-refractivity contribution >= 4 is 0 Å². The summed E-state index contributed by atoms with van der Waals surface area (Å²) in [5, 5.41) is 0. The van der Waals surface area contributed by atoms with Gasteiger partial charge in [0.05, 0.1) is 0 Å². The first-order valence-corrected chi connectivity index (χ1v) is 4.48. The van der Waals surface area contributed by atoms with Gasteiger partial charge in [-0.2, -0.15) is 0 Å². The fraction of sp³-hybridized carbons (Fsp3) is 0.800. The van der Waals surface area contributed by atoms with E-state index in [0.717, 1.165) is 11.8 Å². The van der Waals surface area contributed by atoms with Gasteiger partial charge in [0, 0.05) is 0 Å². The van der Waals surface area contributed by atoms with Crippen LogP contribution in [0.15, 0.2) is 11.6 Å². The molecule has 1 saturated carbocycles. The molecule has 0 saturated heterocycles. The van der Waals surface area contributed by atoms with Gasteiger partial charge in [-0.25, -0.2) is 0 Å². The lowest BCUT2D eigenvalue weighted by Crippen LogP contribution is -1.83. The molecule has 1 aliphatic rings. The van der Waals surface area contributed by atoms with Crippen molar-refractivity contribution < 1.29 is 0 Å². The molecule has 1 rings (SSSR count). The number of allylic oxidation sites excluding steroid dienone is 2. The van der Waals surface area contributed by atoms with Gasteiger partial charge < -0.3 is 0 Å². The second-order valence-corrected chi connectivity index (χ2v) is 3.44. The molecule has 2 unspecified atom stereocenters. The second kappa shape index (κ2) is 3.23. The molecule has 0 N–H and O–H groups in total. The Labute approximate surface area is 64.3 Å². The van der Waals surface area contributed by atoms with Crippen molar-refractivity contribution in [1.82, 2.24) is 0 Å². The van der Waals surface area contributed by atoms with E-state index in [1.165, 1.54) is 19.3 Å². The Kier molecular flexibility index (Phi) is 2.53. The summed E-state index contributed by atoms with van der Waals surface area (Å²) in [6.45, 7) is 6.84. The van der Waals surface area contributed by atoms with E-state index in [0.29, 0.717) is 0 Å². The van der Waals surface area contributed by atoms with Gasteiger partial charge in [-0.3, -0.25) is 0 Å². The van der Waals surface area contributed by atoms with E-state index >= 15 is 0 Å². The van der Waals surface area contributed by atoms with Crippen molar-refractivity contribution in [2.24, 2.45) is 11.8 Å². The molecular weight excluding hydrogens is 120 g/mol. The molecule has 0 heteroatoms. The van der Waals surface area contributed by atoms with Crippen molar-refractivity contribution in [1.29, 1.82) is 0 Å². The maximum absolute atomic E-state index is 2.47. The van der Waals surface area contributed by atoms with Gasteiger partial charge in [-0.05, 0) is 24.7 Å². The van der Waals surface area contributed by atoms with Crippen molar-refractivity contribution in [2.45, 2.75) is 40.0 Å². The van der Waals surface area contributed by atoms with Crippen molar-refractivity contribution in [3.8, 4) is 0 Å². The first-order valence-electron chi connectivity index (χ1n) is 4.48. The van der Waals surface area contributed by atoms with Crippen LogP contribution in [0.2, 0.25) is 0 Å². The van der Waals surface area contributed by atoms with Crippen LogP contribution in [0.4, 0.5) is 0 Å². The molecule has 0 radical (unpaired) electrons. The predicted octanol–water partition coefficient (Wildman–Crippen LogP) is 3.39. The van der Waals surface area contributed by atoms with Crippen LogP contribution in [-0.2, 0) is 0 Å². The van der Waals surface area contributed by atoms with Gasteiger partial charge in [0.15, 0.2) is 0 Å². The number of hydrogen-bond donors (Lipinski definition) is 0. The minimum atomic E-state index is 0.812. The van der Waals surface area contributed by atoms with Crippen molar-refractivity contribution in [3.63, 3.8) is 0 Å². The van der Waals surface area contributed by atoms with Crippen LogP contribution in [0, 0.1) is 11.8 Å². The third-order valence-electron chi connectivity index (χ3n) is 2.48. The summed E-state index contributed by atoms with van der Waals surface area (Å²) in [6, 6.07) is 0. The van der Waals surface area contributed by atoms with E-state index in [9.17, 15) is 0 Å². The molecule has 2 atom stereocenters. The quantitative estimate of drug-likeness (QED) is 0.524. The molecule has 0 bridgehead atoms. The van der Waals surface area contributed by atoms with Crippen LogP contribution in [0.5, 0.6) is 0 Å². The zero-order valence-corrected chi connectivity index (χ0v) is 7.35. The van der Waals surface area contributed by atoms with Gasteiger partial charge in [-0.1, -0.05) is 38.8 Å². The maximum atomic E-state index is 2.47. The summed E-state index contributed by atoms with van der Waals surface area (Å²) >= 11 is 0. The highest BCUT2D eigenvalue weighted by Gasteiger charge is 2.26. The van der Waals surface area contributed by atoms with E-state index in [1.807, 2.05) is 0 Å². The largest absolute Gasteiger partial charge is 0.0822 e. The Morgan fingerprint density at radius 2 is 2.30 bits per heavy atom. The molecule has 1 aliphatic carbocycles. The Balaban J connectivity index is 2.30. The average molecular weight is 138 g/mol. The molecule has 10 heavy (non-hydrogen) atoms. The summed E-state index contributed by atoms with van der Waals surface area (Å²) in [6.07, 6.45) is 6.50. The van der Waals surface area contributed by atoms with Crippen LogP contribution in [0.25, 0.3) is 0 Å². The third kappa shape index (κ3) is 1.86. The Bertz CT molecular complexity index is 133. The van der Waals surface area contributed by atoms with E-state index in [-0.39, 0.29) is 0 Å². The fourth-order valence-electron chi connectivity index (χ4n) is 1.32. The highest BCUT2D eigenvalue weighted by Crippen LogP contribution is 2.41. The predicted molar refractivity (Wildman–Crippen MR) is 45.9 cm³/mol. The molecule has 0 aliphatic heterocycles. The summed E-state index contributed by atoms with van der Waals surface area (Å²) in [5.74, 6) is 1.78. The lowest BCUT2D eigenvalue weighted by molar-refractivity contribution is 0.693. The smallest absolute Gasteiger partial charge is 0.0168 e. The van der Waals surface area contributed by atoms with Crippen molar-refractivity contribution in [3.05, 3.63) is 11.6 Å². The summed E-state index contributed by atoms with van der Waals surface area (Å²) in [7, 11) is 0. The monoisotopic (exact) mass is 138 g/mol. The standard InChI is InChI=1S/C10H18/c1-4-8(3)6-10-7-9(10)5-2/h6,8-9H,4-5,7H2,1-3H3. The van der Waals surface area contributed by atoms with E-state index in [1.54, 1.807) is 5.57 Å². The van der Waals surface area contributed by atoms with Crippen LogP contribution >= 0.6 is 0 Å². The second-order valence-electron chi connectivity index (χ2n) is 3.44. The van der Waals surface area contributed by atoms with Crippen LogP contribution in [-0.4, -0.2) is 0 Å². The molecule has 0 spiro atoms. The van der Waals surface area contributed by atoms with Gasteiger partial charge >= 0.3 is 0 Å². The first-order chi connectivity index (χ1) is 4.77. The van der Waals surface area contributed by atoms with Crippen LogP contribution < -0.4 is 0 Å². The minimum absolute atomic E-state index is 0.812. The zero-order valence-electron chi connectivity index (χ0n) is 7.35. The summed E-state index contributed by atoms with van der Waals surface area (Å²) in [4.78, 5) is 0. The SMILES string of the molecule is CCC(C)C=C1CC1CC. The zero-order chi connectivity index (χ0) is 7.56. The fourth-order valence-corrected chi connectivity index (χ4v) is 1.32. The molecule has 0 aromatic rings. The van der Waals surface area contributed by atoms with Gasteiger partial charge in [-0.15, -0.1) is 0 Å². The van der Waals surface area contributed by atoms with E-state index in [4.69, 9.17) is 0 Å². The third-order valence-corrected chi connectivity index (χ3v) is 2.48. The first kappa shape index (κ1) is 7.84. The molecule has 0 heterocycles. The van der Waals surface area contributed by atoms with Crippen molar-refractivity contribution in [2.75, 3.05) is 0 Å². The molecular formula is C10H18.